The molecule has 0 saturated heterocycles. The standard InChI is InChI=1S/C16H24O.C16H28O/c1-3-4-13-5-7-14(8-6-13)15-9-11-16(17-2)12-10-15;1-2-3-13-4-8-15(9-5-13)16-10-6-14(12-17)7-11-16/h9-14H,3-8H2,1-2H3;12-16H,2-11H2,1H3. The average molecular weight is 469 g/mol. The lowest BCUT2D eigenvalue weighted by molar-refractivity contribution is -0.112. The van der Waals surface area contributed by atoms with Crippen molar-refractivity contribution >= 4 is 6.29 Å². The number of hydrogen-bond acceptors (Lipinski definition) is 2. The molecule has 0 N–H and O–H groups in total. The Morgan fingerprint density at radius 2 is 1.18 bits per heavy atom. The van der Waals surface area contributed by atoms with Crippen molar-refractivity contribution in [3.63, 3.8) is 0 Å². The molecule has 192 valence electrons. The summed E-state index contributed by atoms with van der Waals surface area (Å²) in [5.41, 5.74) is 1.50. The Hall–Kier alpha value is -1.31. The fraction of sp³-hybridized carbons (Fsp3) is 0.781. The van der Waals surface area contributed by atoms with E-state index >= 15 is 0 Å². The third-order valence-corrected chi connectivity index (χ3v) is 9.39. The fourth-order valence-corrected chi connectivity index (χ4v) is 7.18. The largest absolute Gasteiger partial charge is 0.497 e. The number of ether oxygens (including phenoxy) is 1. The van der Waals surface area contributed by atoms with Crippen LogP contribution in [0.25, 0.3) is 0 Å². The van der Waals surface area contributed by atoms with Crippen LogP contribution in [-0.4, -0.2) is 13.4 Å². The Balaban J connectivity index is 0.000000191. The molecular weight excluding hydrogens is 416 g/mol. The van der Waals surface area contributed by atoms with E-state index in [2.05, 4.69) is 38.1 Å². The molecule has 3 aliphatic rings. The van der Waals surface area contributed by atoms with E-state index in [4.69, 9.17) is 4.74 Å². The van der Waals surface area contributed by atoms with E-state index in [0.717, 1.165) is 35.3 Å². The quantitative estimate of drug-likeness (QED) is 0.355. The van der Waals surface area contributed by atoms with Crippen LogP contribution in [0.1, 0.15) is 128 Å². The zero-order chi connectivity index (χ0) is 24.2. The third-order valence-electron chi connectivity index (χ3n) is 9.39. The molecule has 0 aliphatic heterocycles. The average Bonchev–Trinajstić information content (AvgIpc) is 2.90. The van der Waals surface area contributed by atoms with Crippen LogP contribution in [-0.2, 0) is 4.79 Å². The summed E-state index contributed by atoms with van der Waals surface area (Å²) in [6.45, 7) is 4.61. The summed E-state index contributed by atoms with van der Waals surface area (Å²) >= 11 is 0. The predicted molar refractivity (Wildman–Crippen MR) is 144 cm³/mol. The molecule has 0 radical (unpaired) electrons. The van der Waals surface area contributed by atoms with Crippen LogP contribution < -0.4 is 4.74 Å². The molecule has 0 atom stereocenters. The Labute approximate surface area is 210 Å². The highest BCUT2D eigenvalue weighted by molar-refractivity contribution is 5.53. The number of benzene rings is 1. The van der Waals surface area contributed by atoms with Gasteiger partial charge in [0.1, 0.15) is 12.0 Å². The van der Waals surface area contributed by atoms with Crippen molar-refractivity contribution in [3.8, 4) is 5.75 Å². The molecule has 0 bridgehead atoms. The molecule has 4 rings (SSSR count). The molecule has 34 heavy (non-hydrogen) atoms. The number of carbonyl (C=O) groups excluding carboxylic acids is 1. The van der Waals surface area contributed by atoms with Gasteiger partial charge in [-0.1, -0.05) is 64.5 Å². The van der Waals surface area contributed by atoms with Crippen LogP contribution >= 0.6 is 0 Å². The van der Waals surface area contributed by atoms with Crippen LogP contribution in [0.5, 0.6) is 5.75 Å². The second kappa shape index (κ2) is 14.9. The molecule has 2 heteroatoms. The minimum atomic E-state index is 0.391. The Kier molecular flexibility index (Phi) is 12.0. The monoisotopic (exact) mass is 468 g/mol. The van der Waals surface area contributed by atoms with Crippen molar-refractivity contribution in [2.45, 2.75) is 122 Å². The van der Waals surface area contributed by atoms with Crippen LogP contribution in [0, 0.1) is 29.6 Å². The maximum absolute atomic E-state index is 10.8. The first-order chi connectivity index (χ1) is 16.7. The molecule has 3 saturated carbocycles. The molecule has 0 unspecified atom stereocenters. The van der Waals surface area contributed by atoms with E-state index in [1.54, 1.807) is 7.11 Å². The minimum Gasteiger partial charge on any atom is -0.497 e. The number of carbonyl (C=O) groups is 1. The lowest BCUT2D eigenvalue weighted by Gasteiger charge is -2.37. The van der Waals surface area contributed by atoms with Gasteiger partial charge in [-0.3, -0.25) is 0 Å². The van der Waals surface area contributed by atoms with Crippen molar-refractivity contribution in [1.29, 1.82) is 0 Å². The zero-order valence-electron chi connectivity index (χ0n) is 22.5. The number of hydrogen-bond donors (Lipinski definition) is 0. The van der Waals surface area contributed by atoms with E-state index in [1.807, 2.05) is 0 Å². The summed E-state index contributed by atoms with van der Waals surface area (Å²) in [5.74, 6) is 6.12. The molecular formula is C32H52O2. The molecule has 2 nitrogen and oxygen atoms in total. The van der Waals surface area contributed by atoms with E-state index in [9.17, 15) is 4.79 Å². The van der Waals surface area contributed by atoms with E-state index < -0.39 is 0 Å². The normalized spacial score (nSPS) is 31.7. The smallest absolute Gasteiger partial charge is 0.123 e. The van der Waals surface area contributed by atoms with Gasteiger partial charge in [-0.15, -0.1) is 0 Å². The van der Waals surface area contributed by atoms with Crippen molar-refractivity contribution in [1.82, 2.24) is 0 Å². The molecule has 0 amide bonds. The highest BCUT2D eigenvalue weighted by atomic mass is 16.5. The molecule has 1 aromatic rings. The highest BCUT2D eigenvalue weighted by Gasteiger charge is 2.30. The van der Waals surface area contributed by atoms with Gasteiger partial charge in [-0.2, -0.15) is 0 Å². The van der Waals surface area contributed by atoms with Crippen LogP contribution in [0.3, 0.4) is 0 Å². The SMILES string of the molecule is CCCC1CCC(C2CCC(C=O)CC2)CC1.CCCC1CCC(c2ccc(OC)cc2)CC1. The molecule has 3 fully saturated rings. The van der Waals surface area contributed by atoms with Crippen LogP contribution in [0.15, 0.2) is 24.3 Å². The lowest BCUT2D eigenvalue weighted by atomic mass is 9.69. The van der Waals surface area contributed by atoms with Gasteiger partial charge < -0.3 is 9.53 Å². The molecule has 1 aromatic carbocycles. The van der Waals surface area contributed by atoms with Crippen molar-refractivity contribution in [2.24, 2.45) is 29.6 Å². The van der Waals surface area contributed by atoms with Gasteiger partial charge in [0.05, 0.1) is 7.11 Å². The zero-order valence-corrected chi connectivity index (χ0v) is 22.5. The molecule has 0 spiro atoms. The first-order valence-electron chi connectivity index (χ1n) is 14.8. The van der Waals surface area contributed by atoms with Crippen molar-refractivity contribution < 1.29 is 9.53 Å². The lowest BCUT2D eigenvalue weighted by Crippen LogP contribution is -2.26. The maximum atomic E-state index is 10.8. The number of aldehydes is 1. The molecule has 0 heterocycles. The van der Waals surface area contributed by atoms with Crippen LogP contribution in [0.2, 0.25) is 0 Å². The Morgan fingerprint density at radius 1 is 0.706 bits per heavy atom. The first-order valence-corrected chi connectivity index (χ1v) is 14.8. The third kappa shape index (κ3) is 8.42. The van der Waals surface area contributed by atoms with E-state index in [-0.39, 0.29) is 0 Å². The van der Waals surface area contributed by atoms with Crippen LogP contribution in [0.4, 0.5) is 0 Å². The van der Waals surface area contributed by atoms with Gasteiger partial charge in [-0.05, 0) is 111 Å². The minimum absolute atomic E-state index is 0.391. The van der Waals surface area contributed by atoms with Gasteiger partial charge in [0.15, 0.2) is 0 Å². The van der Waals surface area contributed by atoms with Gasteiger partial charge in [-0.25, -0.2) is 0 Å². The predicted octanol–water partition coefficient (Wildman–Crippen LogP) is 9.37. The Bertz CT molecular complexity index is 657. The van der Waals surface area contributed by atoms with Gasteiger partial charge in [0, 0.05) is 5.92 Å². The van der Waals surface area contributed by atoms with Crippen molar-refractivity contribution in [3.05, 3.63) is 29.8 Å². The van der Waals surface area contributed by atoms with Crippen molar-refractivity contribution in [2.75, 3.05) is 7.11 Å². The topological polar surface area (TPSA) is 26.3 Å². The van der Waals surface area contributed by atoms with E-state index in [0.29, 0.717) is 5.92 Å². The Morgan fingerprint density at radius 3 is 1.62 bits per heavy atom. The summed E-state index contributed by atoms with van der Waals surface area (Å²) < 4.78 is 5.21. The maximum Gasteiger partial charge on any atom is 0.123 e. The van der Waals surface area contributed by atoms with Gasteiger partial charge in [0.2, 0.25) is 0 Å². The summed E-state index contributed by atoms with van der Waals surface area (Å²) in [6.07, 6.45) is 23.3. The number of rotatable bonds is 8. The number of methoxy groups -OCH3 is 1. The second-order valence-electron chi connectivity index (χ2n) is 11.7. The fourth-order valence-electron chi connectivity index (χ4n) is 7.18. The molecule has 0 aromatic heterocycles. The summed E-state index contributed by atoms with van der Waals surface area (Å²) in [4.78, 5) is 10.8. The van der Waals surface area contributed by atoms with Gasteiger partial charge in [0.25, 0.3) is 0 Å². The molecule has 3 aliphatic carbocycles. The second-order valence-corrected chi connectivity index (χ2v) is 11.7. The summed E-state index contributed by atoms with van der Waals surface area (Å²) in [5, 5.41) is 0. The van der Waals surface area contributed by atoms with Gasteiger partial charge >= 0.3 is 0 Å². The summed E-state index contributed by atoms with van der Waals surface area (Å²) in [7, 11) is 1.73. The summed E-state index contributed by atoms with van der Waals surface area (Å²) in [6, 6.07) is 8.66. The van der Waals surface area contributed by atoms with E-state index in [1.165, 1.54) is 115 Å². The highest BCUT2D eigenvalue weighted by Crippen LogP contribution is 2.42. The first kappa shape index (κ1) is 27.3.